The van der Waals surface area contributed by atoms with Crippen LogP contribution in [0.1, 0.15) is 35.8 Å². The minimum Gasteiger partial charge on any atom is -0.398 e. The Morgan fingerprint density at radius 1 is 1.31 bits per heavy atom. The van der Waals surface area contributed by atoms with E-state index in [0.29, 0.717) is 17.2 Å². The molecule has 2 N–H and O–H groups in total. The van der Waals surface area contributed by atoms with Gasteiger partial charge in [0.2, 0.25) is 0 Å². The van der Waals surface area contributed by atoms with Crippen molar-refractivity contribution < 1.29 is 0 Å². The van der Waals surface area contributed by atoms with Crippen LogP contribution in [-0.2, 0) is 0 Å². The van der Waals surface area contributed by atoms with Gasteiger partial charge in [-0.2, -0.15) is 0 Å². The first kappa shape index (κ1) is 7.69. The van der Waals surface area contributed by atoms with Crippen molar-refractivity contribution in [3.63, 3.8) is 0 Å². The molecule has 2 bridgehead atoms. The smallest absolute Gasteiger partial charge is 0.0411 e. The van der Waals surface area contributed by atoms with Gasteiger partial charge in [0.25, 0.3) is 0 Å². The topological polar surface area (TPSA) is 26.0 Å². The molecule has 1 aromatic rings. The van der Waals surface area contributed by atoms with E-state index in [1.165, 1.54) is 17.5 Å². The Bertz CT molecular complexity index is 361. The Kier molecular flexibility index (Phi) is 1.43. The van der Waals surface area contributed by atoms with Crippen LogP contribution in [0.2, 0.25) is 0 Å². The molecule has 0 spiro atoms. The number of anilines is 1. The van der Waals surface area contributed by atoms with Crippen LogP contribution in [0, 0.1) is 0 Å². The number of fused-ring (bicyclic) bond motifs is 5. The van der Waals surface area contributed by atoms with E-state index in [2.05, 4.69) is 12.1 Å². The molecule has 2 heteroatoms. The normalized spacial score (nSPS) is 35.0. The molecular formula is C11H12ClN. The Balaban J connectivity index is 2.21. The third-order valence-electron chi connectivity index (χ3n) is 3.47. The van der Waals surface area contributed by atoms with Crippen molar-refractivity contribution in [1.29, 1.82) is 0 Å². The van der Waals surface area contributed by atoms with E-state index in [4.69, 9.17) is 17.3 Å². The maximum atomic E-state index is 6.25. The molecule has 3 rings (SSSR count). The highest BCUT2D eigenvalue weighted by atomic mass is 35.5. The predicted molar refractivity (Wildman–Crippen MR) is 55.2 cm³/mol. The fourth-order valence-electron chi connectivity index (χ4n) is 2.92. The van der Waals surface area contributed by atoms with Crippen molar-refractivity contribution in [2.45, 2.75) is 30.1 Å². The zero-order valence-corrected chi connectivity index (χ0v) is 8.09. The molecule has 2 aliphatic carbocycles. The number of alkyl halides is 1. The van der Waals surface area contributed by atoms with Crippen molar-refractivity contribution in [2.75, 3.05) is 5.73 Å². The molecule has 1 saturated carbocycles. The SMILES string of the molecule is Nc1cccc2c1C1CC2CC1Cl. The molecule has 68 valence electrons. The molecular weight excluding hydrogens is 182 g/mol. The van der Waals surface area contributed by atoms with Gasteiger partial charge in [0.15, 0.2) is 0 Å². The van der Waals surface area contributed by atoms with E-state index in [1.54, 1.807) is 0 Å². The van der Waals surface area contributed by atoms with Crippen molar-refractivity contribution in [2.24, 2.45) is 0 Å². The van der Waals surface area contributed by atoms with E-state index in [1.807, 2.05) is 6.07 Å². The van der Waals surface area contributed by atoms with E-state index < -0.39 is 0 Å². The number of rotatable bonds is 0. The summed E-state index contributed by atoms with van der Waals surface area (Å²) < 4.78 is 0. The second-order valence-corrected chi connectivity index (χ2v) is 4.70. The van der Waals surface area contributed by atoms with Gasteiger partial charge in [-0.25, -0.2) is 0 Å². The molecule has 1 nitrogen and oxygen atoms in total. The summed E-state index contributed by atoms with van der Waals surface area (Å²) in [5.74, 6) is 1.22. The van der Waals surface area contributed by atoms with Crippen LogP contribution in [0.5, 0.6) is 0 Å². The van der Waals surface area contributed by atoms with E-state index in [0.717, 1.165) is 12.1 Å². The second-order valence-electron chi connectivity index (χ2n) is 4.14. The molecule has 0 amide bonds. The van der Waals surface area contributed by atoms with Gasteiger partial charge in [0.1, 0.15) is 0 Å². The van der Waals surface area contributed by atoms with Gasteiger partial charge in [0, 0.05) is 17.0 Å². The zero-order chi connectivity index (χ0) is 9.00. The first-order chi connectivity index (χ1) is 6.27. The first-order valence-electron chi connectivity index (χ1n) is 4.79. The van der Waals surface area contributed by atoms with E-state index in [-0.39, 0.29) is 0 Å². The maximum Gasteiger partial charge on any atom is 0.0411 e. The highest BCUT2D eigenvalue weighted by Crippen LogP contribution is 2.56. The van der Waals surface area contributed by atoms with Gasteiger partial charge < -0.3 is 5.73 Å². The second kappa shape index (κ2) is 2.42. The van der Waals surface area contributed by atoms with Crippen LogP contribution in [0.3, 0.4) is 0 Å². The third kappa shape index (κ3) is 0.884. The summed E-state index contributed by atoms with van der Waals surface area (Å²) in [6.07, 6.45) is 2.36. The Morgan fingerprint density at radius 2 is 2.15 bits per heavy atom. The largest absolute Gasteiger partial charge is 0.398 e. The van der Waals surface area contributed by atoms with Gasteiger partial charge >= 0.3 is 0 Å². The molecule has 0 aliphatic heterocycles. The van der Waals surface area contributed by atoms with Crippen LogP contribution in [0.15, 0.2) is 18.2 Å². The average molecular weight is 194 g/mol. The first-order valence-corrected chi connectivity index (χ1v) is 5.23. The molecule has 3 atom stereocenters. The van der Waals surface area contributed by atoms with Gasteiger partial charge in [-0.15, -0.1) is 11.6 Å². The minimum atomic E-state index is 0.321. The van der Waals surface area contributed by atoms with Crippen molar-refractivity contribution in [3.8, 4) is 0 Å². The highest BCUT2D eigenvalue weighted by Gasteiger charge is 2.43. The van der Waals surface area contributed by atoms with Crippen LogP contribution >= 0.6 is 11.6 Å². The predicted octanol–water partition coefficient (Wildman–Crippen LogP) is 2.85. The molecule has 3 unspecified atom stereocenters. The lowest BCUT2D eigenvalue weighted by molar-refractivity contribution is 0.727. The Labute approximate surface area is 82.9 Å². The fraction of sp³-hybridized carbons (Fsp3) is 0.455. The quantitative estimate of drug-likeness (QED) is 0.498. The van der Waals surface area contributed by atoms with Crippen molar-refractivity contribution >= 4 is 17.3 Å². The lowest BCUT2D eigenvalue weighted by atomic mass is 9.90. The summed E-state index contributed by atoms with van der Waals surface area (Å²) in [5.41, 5.74) is 9.71. The lowest BCUT2D eigenvalue weighted by Gasteiger charge is -2.20. The lowest BCUT2D eigenvalue weighted by Crippen LogP contribution is -2.11. The summed E-state index contributed by atoms with van der Waals surface area (Å²) in [7, 11) is 0. The van der Waals surface area contributed by atoms with Gasteiger partial charge in [0.05, 0.1) is 0 Å². The number of hydrogen-bond acceptors (Lipinski definition) is 1. The standard InChI is InChI=1S/C11H12ClN/c12-9-5-6-4-8(9)11-7(6)2-1-3-10(11)13/h1-3,6,8-9H,4-5,13H2. The number of nitrogens with two attached hydrogens (primary N) is 1. The van der Waals surface area contributed by atoms with E-state index >= 15 is 0 Å². The molecule has 0 radical (unpaired) electrons. The Morgan fingerprint density at radius 3 is 3.00 bits per heavy atom. The molecule has 1 fully saturated rings. The number of halogens is 1. The molecule has 0 aromatic heterocycles. The monoisotopic (exact) mass is 193 g/mol. The molecule has 13 heavy (non-hydrogen) atoms. The summed E-state index contributed by atoms with van der Waals surface area (Å²) >= 11 is 6.25. The van der Waals surface area contributed by atoms with Gasteiger partial charge in [-0.1, -0.05) is 12.1 Å². The molecule has 1 aromatic carbocycles. The summed E-state index contributed by atoms with van der Waals surface area (Å²) in [4.78, 5) is 0. The third-order valence-corrected chi connectivity index (χ3v) is 3.95. The van der Waals surface area contributed by atoms with Crippen molar-refractivity contribution in [1.82, 2.24) is 0 Å². The minimum absolute atomic E-state index is 0.321. The van der Waals surface area contributed by atoms with Crippen LogP contribution in [0.4, 0.5) is 5.69 Å². The molecule has 2 aliphatic rings. The van der Waals surface area contributed by atoms with Crippen molar-refractivity contribution in [3.05, 3.63) is 29.3 Å². The summed E-state index contributed by atoms with van der Waals surface area (Å²) in [5, 5.41) is 0.321. The molecule has 0 saturated heterocycles. The van der Waals surface area contributed by atoms with Crippen LogP contribution in [0.25, 0.3) is 0 Å². The van der Waals surface area contributed by atoms with Crippen LogP contribution in [-0.4, -0.2) is 5.38 Å². The van der Waals surface area contributed by atoms with Gasteiger partial charge in [-0.05, 0) is 36.0 Å². The zero-order valence-electron chi connectivity index (χ0n) is 7.33. The van der Waals surface area contributed by atoms with Crippen LogP contribution < -0.4 is 5.73 Å². The number of nitrogen functional groups attached to an aromatic ring is 1. The number of hydrogen-bond donors (Lipinski definition) is 1. The molecule has 0 heterocycles. The average Bonchev–Trinajstić information content (AvgIpc) is 2.62. The number of benzene rings is 1. The fourth-order valence-corrected chi connectivity index (χ4v) is 3.37. The maximum absolute atomic E-state index is 6.25. The summed E-state index contributed by atoms with van der Waals surface area (Å²) in [6.45, 7) is 0. The van der Waals surface area contributed by atoms with E-state index in [9.17, 15) is 0 Å². The van der Waals surface area contributed by atoms with Gasteiger partial charge in [-0.3, -0.25) is 0 Å². The Hall–Kier alpha value is -0.690. The summed E-state index contributed by atoms with van der Waals surface area (Å²) in [6, 6.07) is 6.25. The highest BCUT2D eigenvalue weighted by molar-refractivity contribution is 6.21.